The maximum Gasteiger partial charge on any atom is 0.356 e. The van der Waals surface area contributed by atoms with Crippen molar-refractivity contribution in [2.45, 2.75) is 58.8 Å². The Labute approximate surface area is 169 Å². The van der Waals surface area contributed by atoms with Crippen LogP contribution >= 0.6 is 0 Å². The lowest BCUT2D eigenvalue weighted by molar-refractivity contribution is -0.130. The predicted octanol–water partition coefficient (Wildman–Crippen LogP) is 3.37. The minimum absolute atomic E-state index is 0.137. The molecule has 1 saturated carbocycles. The molecule has 1 unspecified atom stereocenters. The highest BCUT2D eigenvalue weighted by molar-refractivity contribution is 5.99. The Morgan fingerprint density at radius 1 is 1.03 bits per heavy atom. The van der Waals surface area contributed by atoms with Gasteiger partial charge in [0.15, 0.2) is 0 Å². The number of H-pyrrole nitrogens is 1. The maximum atomic E-state index is 12.9. The second-order valence-electron chi connectivity index (χ2n) is 7.56. The molecule has 1 aliphatic carbocycles. The van der Waals surface area contributed by atoms with Crippen LogP contribution < -0.4 is 5.32 Å². The minimum Gasteiger partial charge on any atom is -0.459 e. The normalized spacial score (nSPS) is 14.4. The summed E-state index contributed by atoms with van der Waals surface area (Å²) in [6.45, 7) is 6.86. The average Bonchev–Trinajstić information content (AvgIpc) is 3.42. The molecule has 0 bridgehead atoms. The van der Waals surface area contributed by atoms with E-state index in [0.717, 1.165) is 12.8 Å². The Morgan fingerprint density at radius 2 is 1.69 bits per heavy atom. The van der Waals surface area contributed by atoms with Gasteiger partial charge < -0.3 is 19.8 Å². The Morgan fingerprint density at radius 3 is 2.28 bits per heavy atom. The van der Waals surface area contributed by atoms with Gasteiger partial charge in [0.25, 0.3) is 5.91 Å². The summed E-state index contributed by atoms with van der Waals surface area (Å²) in [5.74, 6) is -1.56. The molecule has 29 heavy (non-hydrogen) atoms. The number of benzene rings is 1. The van der Waals surface area contributed by atoms with Gasteiger partial charge in [-0.2, -0.15) is 0 Å². The molecule has 0 aliphatic heterocycles. The van der Waals surface area contributed by atoms with Crippen molar-refractivity contribution < 1.29 is 23.9 Å². The highest BCUT2D eigenvalue weighted by atomic mass is 16.6. The molecule has 2 aromatic rings. The van der Waals surface area contributed by atoms with E-state index < -0.39 is 18.0 Å². The molecule has 3 rings (SSSR count). The van der Waals surface area contributed by atoms with Crippen LogP contribution in [-0.4, -0.2) is 35.0 Å². The highest BCUT2D eigenvalue weighted by Gasteiger charge is 2.32. The quantitative estimate of drug-likeness (QED) is 0.697. The smallest absolute Gasteiger partial charge is 0.356 e. The third kappa shape index (κ3) is 4.85. The summed E-state index contributed by atoms with van der Waals surface area (Å²) in [5.41, 5.74) is 1.98. The van der Waals surface area contributed by atoms with Crippen molar-refractivity contribution in [2.24, 2.45) is 0 Å². The van der Waals surface area contributed by atoms with Crippen molar-refractivity contribution >= 4 is 17.8 Å². The second kappa shape index (κ2) is 8.51. The van der Waals surface area contributed by atoms with Gasteiger partial charge in [0.1, 0.15) is 5.69 Å². The molecule has 1 amide bonds. The first-order valence-corrected chi connectivity index (χ1v) is 9.74. The molecule has 0 saturated heterocycles. The first kappa shape index (κ1) is 20.6. The van der Waals surface area contributed by atoms with Crippen LogP contribution in [-0.2, 0) is 14.3 Å². The van der Waals surface area contributed by atoms with E-state index in [0.29, 0.717) is 22.4 Å². The standard InChI is InChI=1S/C22H26N2O5/c1-12(2)28-21(26)17-13(3)18(23-14(17)4)22(27)29-19(15-8-6-5-7-9-15)20(25)24-16-10-11-16/h5-9,12,16,19,23H,10-11H2,1-4H3,(H,24,25). The number of aryl methyl sites for hydroxylation is 1. The predicted molar refractivity (Wildman–Crippen MR) is 107 cm³/mol. The molecule has 7 nitrogen and oxygen atoms in total. The van der Waals surface area contributed by atoms with Crippen LogP contribution in [0.15, 0.2) is 30.3 Å². The van der Waals surface area contributed by atoms with E-state index in [1.807, 2.05) is 6.07 Å². The SMILES string of the molecule is Cc1[nH]c(C(=O)OC(C(=O)NC2CC2)c2ccccc2)c(C)c1C(=O)OC(C)C. The van der Waals surface area contributed by atoms with Crippen LogP contribution in [0.1, 0.15) is 70.5 Å². The average molecular weight is 398 g/mol. The van der Waals surface area contributed by atoms with Crippen molar-refractivity contribution in [1.82, 2.24) is 10.3 Å². The van der Waals surface area contributed by atoms with Crippen molar-refractivity contribution in [3.05, 3.63) is 58.4 Å². The summed E-state index contributed by atoms with van der Waals surface area (Å²) in [7, 11) is 0. The van der Waals surface area contributed by atoms with E-state index >= 15 is 0 Å². The lowest BCUT2D eigenvalue weighted by Gasteiger charge is -2.18. The van der Waals surface area contributed by atoms with Gasteiger partial charge in [-0.05, 0) is 46.1 Å². The Kier molecular flexibility index (Phi) is 6.06. The van der Waals surface area contributed by atoms with Crippen LogP contribution in [0.25, 0.3) is 0 Å². The van der Waals surface area contributed by atoms with E-state index in [2.05, 4.69) is 10.3 Å². The molecule has 1 heterocycles. The largest absolute Gasteiger partial charge is 0.459 e. The number of esters is 2. The number of aromatic amines is 1. The van der Waals surface area contributed by atoms with Crippen molar-refractivity contribution in [3.8, 4) is 0 Å². The number of rotatable bonds is 7. The first-order valence-electron chi connectivity index (χ1n) is 9.74. The Balaban J connectivity index is 1.84. The molecule has 7 heteroatoms. The first-order chi connectivity index (χ1) is 13.8. The summed E-state index contributed by atoms with van der Waals surface area (Å²) in [6, 6.07) is 9.01. The molecule has 1 aliphatic rings. The zero-order chi connectivity index (χ0) is 21.1. The summed E-state index contributed by atoms with van der Waals surface area (Å²) >= 11 is 0. The maximum absolute atomic E-state index is 12.9. The second-order valence-corrected chi connectivity index (χ2v) is 7.56. The number of hydrogen-bond donors (Lipinski definition) is 2. The minimum atomic E-state index is -1.07. The topological polar surface area (TPSA) is 97.5 Å². The number of aromatic nitrogens is 1. The number of hydrogen-bond acceptors (Lipinski definition) is 5. The molecule has 154 valence electrons. The third-order valence-corrected chi connectivity index (χ3v) is 4.68. The molecule has 0 radical (unpaired) electrons. The molecule has 0 spiro atoms. The van der Waals surface area contributed by atoms with E-state index in [-0.39, 0.29) is 23.7 Å². The van der Waals surface area contributed by atoms with E-state index in [4.69, 9.17) is 9.47 Å². The molecular formula is C22H26N2O5. The Bertz CT molecular complexity index is 913. The van der Waals surface area contributed by atoms with Crippen molar-refractivity contribution in [2.75, 3.05) is 0 Å². The number of ether oxygens (including phenoxy) is 2. The van der Waals surface area contributed by atoms with Crippen molar-refractivity contribution in [3.63, 3.8) is 0 Å². The fraction of sp³-hybridized carbons (Fsp3) is 0.409. The van der Waals surface area contributed by atoms with Crippen LogP contribution in [0, 0.1) is 13.8 Å². The summed E-state index contributed by atoms with van der Waals surface area (Å²) in [6.07, 6.45) is 0.507. The molecule has 1 aromatic carbocycles. The van der Waals surface area contributed by atoms with Gasteiger partial charge in [-0.3, -0.25) is 4.79 Å². The number of carbonyl (C=O) groups is 3. The van der Waals surface area contributed by atoms with Crippen LogP contribution in [0.2, 0.25) is 0 Å². The lowest BCUT2D eigenvalue weighted by atomic mass is 10.1. The summed E-state index contributed by atoms with van der Waals surface area (Å²) in [4.78, 5) is 40.8. The number of nitrogens with one attached hydrogen (secondary N) is 2. The monoisotopic (exact) mass is 398 g/mol. The van der Waals surface area contributed by atoms with Crippen LogP contribution in [0.4, 0.5) is 0 Å². The molecule has 1 atom stereocenters. The van der Waals surface area contributed by atoms with Gasteiger partial charge in [-0.15, -0.1) is 0 Å². The molecule has 1 aromatic heterocycles. The van der Waals surface area contributed by atoms with Crippen LogP contribution in [0.3, 0.4) is 0 Å². The van der Waals surface area contributed by atoms with Crippen LogP contribution in [0.5, 0.6) is 0 Å². The summed E-state index contributed by atoms with van der Waals surface area (Å²) in [5, 5.41) is 2.88. The fourth-order valence-electron chi connectivity index (χ4n) is 3.10. The van der Waals surface area contributed by atoms with Gasteiger partial charge in [0, 0.05) is 17.3 Å². The highest BCUT2D eigenvalue weighted by Crippen LogP contribution is 2.26. The van der Waals surface area contributed by atoms with Gasteiger partial charge in [-0.25, -0.2) is 9.59 Å². The molecule has 1 fully saturated rings. The van der Waals surface area contributed by atoms with Gasteiger partial charge in [0.05, 0.1) is 11.7 Å². The number of carbonyl (C=O) groups excluding carboxylic acids is 3. The third-order valence-electron chi connectivity index (χ3n) is 4.68. The van der Waals surface area contributed by atoms with Gasteiger partial charge in [-0.1, -0.05) is 30.3 Å². The zero-order valence-electron chi connectivity index (χ0n) is 17.1. The van der Waals surface area contributed by atoms with Crippen molar-refractivity contribution in [1.29, 1.82) is 0 Å². The Hall–Kier alpha value is -3.09. The van der Waals surface area contributed by atoms with E-state index in [9.17, 15) is 14.4 Å². The molecule has 2 N–H and O–H groups in total. The van der Waals surface area contributed by atoms with Gasteiger partial charge >= 0.3 is 11.9 Å². The molecular weight excluding hydrogens is 372 g/mol. The fourth-order valence-corrected chi connectivity index (χ4v) is 3.10. The summed E-state index contributed by atoms with van der Waals surface area (Å²) < 4.78 is 10.8. The lowest BCUT2D eigenvalue weighted by Crippen LogP contribution is -2.33. The van der Waals surface area contributed by atoms with E-state index in [1.165, 1.54) is 0 Å². The number of amides is 1. The van der Waals surface area contributed by atoms with Gasteiger partial charge in [0.2, 0.25) is 6.10 Å². The zero-order valence-corrected chi connectivity index (χ0v) is 17.1. The van der Waals surface area contributed by atoms with E-state index in [1.54, 1.807) is 52.0 Å².